The molecular formula is C17H25N3. The average molecular weight is 271 g/mol. The Morgan fingerprint density at radius 3 is 2.40 bits per heavy atom. The summed E-state index contributed by atoms with van der Waals surface area (Å²) in [5.74, 6) is 1.68. The second-order valence-corrected chi connectivity index (χ2v) is 5.90. The zero-order valence-corrected chi connectivity index (χ0v) is 12.9. The van der Waals surface area contributed by atoms with E-state index in [-0.39, 0.29) is 0 Å². The molecule has 0 spiro atoms. The minimum atomic E-state index is 0.477. The van der Waals surface area contributed by atoms with Gasteiger partial charge in [-0.3, -0.25) is 0 Å². The highest BCUT2D eigenvalue weighted by molar-refractivity contribution is 5.25. The molecule has 1 aromatic carbocycles. The normalized spacial score (nSPS) is 11.5. The maximum absolute atomic E-state index is 4.43. The summed E-state index contributed by atoms with van der Waals surface area (Å²) in [6.45, 7) is 10.4. The molecule has 0 atom stereocenters. The van der Waals surface area contributed by atoms with Crippen LogP contribution in [0.15, 0.2) is 36.7 Å². The SMILES string of the molecule is CC(C)NCc1nccn1Cc1ccc(C(C)C)cc1. The number of imidazole rings is 1. The van der Waals surface area contributed by atoms with Crippen LogP contribution in [0.5, 0.6) is 0 Å². The predicted molar refractivity (Wildman–Crippen MR) is 83.8 cm³/mol. The quantitative estimate of drug-likeness (QED) is 0.870. The van der Waals surface area contributed by atoms with Crippen LogP contribution in [-0.4, -0.2) is 15.6 Å². The second kappa shape index (κ2) is 6.71. The summed E-state index contributed by atoms with van der Waals surface area (Å²) in [6, 6.07) is 9.36. The van der Waals surface area contributed by atoms with Crippen LogP contribution in [-0.2, 0) is 13.1 Å². The van der Waals surface area contributed by atoms with Crippen molar-refractivity contribution < 1.29 is 0 Å². The Morgan fingerprint density at radius 1 is 1.10 bits per heavy atom. The molecular weight excluding hydrogens is 246 g/mol. The third-order valence-electron chi connectivity index (χ3n) is 3.47. The van der Waals surface area contributed by atoms with Crippen LogP contribution in [0.25, 0.3) is 0 Å². The van der Waals surface area contributed by atoms with Crippen LogP contribution >= 0.6 is 0 Å². The molecule has 0 saturated carbocycles. The molecule has 0 bridgehead atoms. The van der Waals surface area contributed by atoms with Gasteiger partial charge in [0.05, 0.1) is 6.54 Å². The lowest BCUT2D eigenvalue weighted by atomic mass is 10.0. The topological polar surface area (TPSA) is 29.9 Å². The molecule has 0 aliphatic heterocycles. The van der Waals surface area contributed by atoms with E-state index in [0.29, 0.717) is 12.0 Å². The lowest BCUT2D eigenvalue weighted by Gasteiger charge is -2.12. The summed E-state index contributed by atoms with van der Waals surface area (Å²) in [4.78, 5) is 4.43. The number of hydrogen-bond donors (Lipinski definition) is 1. The fraction of sp³-hybridized carbons (Fsp3) is 0.471. The van der Waals surface area contributed by atoms with Crippen molar-refractivity contribution in [2.45, 2.75) is 52.7 Å². The number of nitrogens with zero attached hydrogens (tertiary/aromatic N) is 2. The number of rotatable bonds is 6. The molecule has 2 rings (SSSR count). The monoisotopic (exact) mass is 271 g/mol. The second-order valence-electron chi connectivity index (χ2n) is 5.90. The van der Waals surface area contributed by atoms with Crippen LogP contribution < -0.4 is 5.32 Å². The molecule has 3 heteroatoms. The van der Waals surface area contributed by atoms with Gasteiger partial charge in [0.15, 0.2) is 0 Å². The Balaban J connectivity index is 2.04. The summed E-state index contributed by atoms with van der Waals surface area (Å²) in [7, 11) is 0. The first-order chi connectivity index (χ1) is 9.56. The van der Waals surface area contributed by atoms with Gasteiger partial charge < -0.3 is 9.88 Å². The number of nitrogens with one attached hydrogen (secondary N) is 1. The van der Waals surface area contributed by atoms with Crippen molar-refractivity contribution in [3.63, 3.8) is 0 Å². The van der Waals surface area contributed by atoms with Gasteiger partial charge in [-0.05, 0) is 17.0 Å². The first kappa shape index (κ1) is 14.8. The van der Waals surface area contributed by atoms with Crippen LogP contribution in [0.3, 0.4) is 0 Å². The highest BCUT2D eigenvalue weighted by atomic mass is 15.1. The number of hydrogen-bond acceptors (Lipinski definition) is 2. The van der Waals surface area contributed by atoms with Crippen molar-refractivity contribution >= 4 is 0 Å². The summed E-state index contributed by atoms with van der Waals surface area (Å²) in [5.41, 5.74) is 2.71. The predicted octanol–water partition coefficient (Wildman–Crippen LogP) is 3.55. The third kappa shape index (κ3) is 3.94. The van der Waals surface area contributed by atoms with Gasteiger partial charge in [-0.15, -0.1) is 0 Å². The van der Waals surface area contributed by atoms with Crippen LogP contribution in [0.4, 0.5) is 0 Å². The van der Waals surface area contributed by atoms with E-state index < -0.39 is 0 Å². The van der Waals surface area contributed by atoms with Crippen molar-refractivity contribution in [3.05, 3.63) is 53.6 Å². The van der Waals surface area contributed by atoms with Crippen molar-refractivity contribution in [2.24, 2.45) is 0 Å². The highest BCUT2D eigenvalue weighted by Gasteiger charge is 2.05. The number of aromatic nitrogens is 2. The molecule has 1 aromatic heterocycles. The van der Waals surface area contributed by atoms with Gasteiger partial charge in [0.2, 0.25) is 0 Å². The largest absolute Gasteiger partial charge is 0.329 e. The molecule has 108 valence electrons. The Morgan fingerprint density at radius 2 is 1.80 bits per heavy atom. The van der Waals surface area contributed by atoms with Crippen LogP contribution in [0.1, 0.15) is 50.6 Å². The first-order valence-electron chi connectivity index (χ1n) is 7.38. The summed E-state index contributed by atoms with van der Waals surface area (Å²) < 4.78 is 2.21. The third-order valence-corrected chi connectivity index (χ3v) is 3.47. The standard InChI is InChI=1S/C17H25N3/c1-13(2)16-7-5-15(6-8-16)12-20-10-9-18-17(20)11-19-14(3)4/h5-10,13-14,19H,11-12H2,1-4H3. The van der Waals surface area contributed by atoms with Crippen LogP contribution in [0.2, 0.25) is 0 Å². The van der Waals surface area contributed by atoms with Crippen molar-refractivity contribution in [2.75, 3.05) is 0 Å². The number of benzene rings is 1. The molecule has 0 radical (unpaired) electrons. The molecule has 0 aliphatic rings. The first-order valence-corrected chi connectivity index (χ1v) is 7.38. The summed E-state index contributed by atoms with van der Waals surface area (Å²) >= 11 is 0. The molecule has 1 heterocycles. The van der Waals surface area contributed by atoms with Gasteiger partial charge in [-0.2, -0.15) is 0 Å². The maximum Gasteiger partial charge on any atom is 0.122 e. The van der Waals surface area contributed by atoms with E-state index in [4.69, 9.17) is 0 Å². The minimum Gasteiger partial charge on any atom is -0.329 e. The maximum atomic E-state index is 4.43. The van der Waals surface area contributed by atoms with Crippen molar-refractivity contribution in [1.29, 1.82) is 0 Å². The summed E-state index contributed by atoms with van der Waals surface area (Å²) in [6.07, 6.45) is 3.92. The Hall–Kier alpha value is -1.61. The van der Waals surface area contributed by atoms with Crippen LogP contribution in [0, 0.1) is 0 Å². The van der Waals surface area contributed by atoms with Gasteiger partial charge in [0.25, 0.3) is 0 Å². The fourth-order valence-electron chi connectivity index (χ4n) is 2.15. The van der Waals surface area contributed by atoms with Crippen molar-refractivity contribution in [1.82, 2.24) is 14.9 Å². The van der Waals surface area contributed by atoms with Gasteiger partial charge in [-0.25, -0.2) is 4.98 Å². The van der Waals surface area contributed by atoms with Gasteiger partial charge in [0, 0.05) is 25.0 Å². The Bertz CT molecular complexity index is 523. The van der Waals surface area contributed by atoms with E-state index in [2.05, 4.69) is 66.8 Å². The molecule has 0 amide bonds. The molecule has 0 saturated heterocycles. The molecule has 3 nitrogen and oxygen atoms in total. The van der Waals surface area contributed by atoms with Gasteiger partial charge >= 0.3 is 0 Å². The van der Waals surface area contributed by atoms with E-state index in [1.54, 1.807) is 0 Å². The van der Waals surface area contributed by atoms with E-state index in [0.717, 1.165) is 18.9 Å². The molecule has 2 aromatic rings. The average Bonchev–Trinajstić information content (AvgIpc) is 2.84. The minimum absolute atomic E-state index is 0.477. The summed E-state index contributed by atoms with van der Waals surface area (Å²) in [5, 5.41) is 3.41. The van der Waals surface area contributed by atoms with Gasteiger partial charge in [0.1, 0.15) is 5.82 Å². The lowest BCUT2D eigenvalue weighted by Crippen LogP contribution is -2.24. The van der Waals surface area contributed by atoms with E-state index in [1.165, 1.54) is 11.1 Å². The van der Waals surface area contributed by atoms with E-state index >= 15 is 0 Å². The molecule has 0 fully saturated rings. The lowest BCUT2D eigenvalue weighted by molar-refractivity contribution is 0.554. The molecule has 0 aliphatic carbocycles. The molecule has 20 heavy (non-hydrogen) atoms. The zero-order chi connectivity index (χ0) is 14.5. The fourth-order valence-corrected chi connectivity index (χ4v) is 2.15. The van der Waals surface area contributed by atoms with Crippen molar-refractivity contribution in [3.8, 4) is 0 Å². The Labute approximate surface area is 122 Å². The molecule has 1 N–H and O–H groups in total. The van der Waals surface area contributed by atoms with Gasteiger partial charge in [-0.1, -0.05) is 52.0 Å². The van der Waals surface area contributed by atoms with E-state index in [9.17, 15) is 0 Å². The smallest absolute Gasteiger partial charge is 0.122 e. The highest BCUT2D eigenvalue weighted by Crippen LogP contribution is 2.15. The Kier molecular flexibility index (Phi) is 4.96. The molecule has 0 unspecified atom stereocenters. The zero-order valence-electron chi connectivity index (χ0n) is 12.9. The van der Waals surface area contributed by atoms with E-state index in [1.807, 2.05) is 12.4 Å².